The summed E-state index contributed by atoms with van der Waals surface area (Å²) in [7, 11) is 0. The van der Waals surface area contributed by atoms with Crippen LogP contribution in [0.3, 0.4) is 0 Å². The van der Waals surface area contributed by atoms with E-state index in [1.54, 1.807) is 42.5 Å². The average molecular weight is 878 g/mol. The van der Waals surface area contributed by atoms with E-state index in [4.69, 9.17) is 151 Å². The highest BCUT2D eigenvalue weighted by atomic mass is 35.5. The van der Waals surface area contributed by atoms with Crippen molar-refractivity contribution in [3.05, 3.63) is 155 Å². The molecule has 2 aromatic heterocycles. The summed E-state index contributed by atoms with van der Waals surface area (Å²) in [4.78, 5) is 17.9. The summed E-state index contributed by atoms with van der Waals surface area (Å²) in [5, 5.41) is 4.85. The van der Waals surface area contributed by atoms with Crippen LogP contribution in [-0.4, -0.2) is 16.3 Å². The van der Waals surface area contributed by atoms with Gasteiger partial charge in [0.15, 0.2) is 6.29 Å². The minimum absolute atomic E-state index is 0.280. The van der Waals surface area contributed by atoms with Gasteiger partial charge >= 0.3 is 0 Å². The van der Waals surface area contributed by atoms with Crippen molar-refractivity contribution in [2.24, 2.45) is 0 Å². The van der Waals surface area contributed by atoms with Gasteiger partial charge in [-0.05, 0) is 42.5 Å². The number of hydrogen-bond acceptors (Lipinski definition) is 3. The van der Waals surface area contributed by atoms with Gasteiger partial charge in [-0.25, -0.2) is 0 Å². The van der Waals surface area contributed by atoms with E-state index in [0.29, 0.717) is 83.8 Å². The van der Waals surface area contributed by atoms with Gasteiger partial charge < -0.3 is 0 Å². The van der Waals surface area contributed by atoms with Gasteiger partial charge in [0.05, 0.1) is 25.7 Å². The highest BCUT2D eigenvalue weighted by molar-refractivity contribution is 6.42. The Balaban J connectivity index is 0.000000246. The van der Waals surface area contributed by atoms with E-state index in [1.165, 1.54) is 24.8 Å². The Morgan fingerprint density at radius 2 is 0.652 bits per heavy atom. The average Bonchev–Trinajstić information content (AvgIpc) is 2.92. The summed E-state index contributed by atoms with van der Waals surface area (Å²) in [6.45, 7) is 0. The van der Waals surface area contributed by atoms with Crippen LogP contribution in [0.5, 0.6) is 0 Å². The monoisotopic (exact) mass is 872 g/mol. The molecule has 2 heterocycles. The SMILES string of the molecule is Clc1cc(Cl)c(C(c2c(Cl)cncc2Cl)c2c(Cl)cc(Cl)cc2Cl)c(Cl)c1.Clc1cc(Cl)cc(Cl)c1.O=Cc1c(Cl)cncc1Cl. The molecule has 0 aliphatic carbocycles. The van der Waals surface area contributed by atoms with Gasteiger partial charge in [-0.3, -0.25) is 14.8 Å². The summed E-state index contributed by atoms with van der Waals surface area (Å²) in [6, 6.07) is 11.2. The lowest BCUT2D eigenvalue weighted by molar-refractivity contribution is 0.112. The molecule has 5 aromatic rings. The van der Waals surface area contributed by atoms with Crippen LogP contribution in [0.25, 0.3) is 0 Å². The summed E-state index contributed by atoms with van der Waals surface area (Å²) < 4.78 is 0. The molecule has 0 aliphatic heterocycles. The molecule has 0 unspecified atom stereocenters. The molecular formula is C30H13Cl13N2O. The van der Waals surface area contributed by atoms with Gasteiger partial charge in [0.2, 0.25) is 0 Å². The second kappa shape index (κ2) is 18.4. The van der Waals surface area contributed by atoms with Crippen molar-refractivity contribution in [1.82, 2.24) is 9.97 Å². The van der Waals surface area contributed by atoms with E-state index in [0.717, 1.165) is 0 Å². The van der Waals surface area contributed by atoms with Gasteiger partial charge in [-0.2, -0.15) is 0 Å². The molecule has 3 aromatic carbocycles. The van der Waals surface area contributed by atoms with E-state index >= 15 is 0 Å². The highest BCUT2D eigenvalue weighted by Gasteiger charge is 2.30. The van der Waals surface area contributed by atoms with Crippen LogP contribution in [0.4, 0.5) is 0 Å². The third-order valence-corrected chi connectivity index (χ3v) is 9.23. The lowest BCUT2D eigenvalue weighted by atomic mass is 9.85. The molecule has 5 rings (SSSR count). The number of hydrogen-bond donors (Lipinski definition) is 0. The van der Waals surface area contributed by atoms with Crippen molar-refractivity contribution >= 4 is 157 Å². The van der Waals surface area contributed by atoms with E-state index in [9.17, 15) is 4.79 Å². The van der Waals surface area contributed by atoms with Crippen molar-refractivity contribution < 1.29 is 4.79 Å². The molecule has 0 amide bonds. The first-order chi connectivity index (χ1) is 21.6. The zero-order valence-electron chi connectivity index (χ0n) is 22.2. The maximum Gasteiger partial charge on any atom is 0.153 e. The third kappa shape index (κ3) is 10.7. The van der Waals surface area contributed by atoms with Crippen LogP contribution in [-0.2, 0) is 0 Å². The summed E-state index contributed by atoms with van der Waals surface area (Å²) in [5.41, 5.74) is 1.80. The normalized spacial score (nSPS) is 10.6. The molecule has 0 saturated heterocycles. The smallest absolute Gasteiger partial charge is 0.153 e. The summed E-state index contributed by atoms with van der Waals surface area (Å²) in [5.74, 6) is -0.678. The van der Waals surface area contributed by atoms with Gasteiger partial charge in [-0.1, -0.05) is 151 Å². The van der Waals surface area contributed by atoms with Crippen LogP contribution in [0.15, 0.2) is 67.3 Å². The van der Waals surface area contributed by atoms with Crippen molar-refractivity contribution in [2.45, 2.75) is 5.92 Å². The predicted molar refractivity (Wildman–Crippen MR) is 199 cm³/mol. The fraction of sp³-hybridized carbons (Fsp3) is 0.0333. The first-order valence-electron chi connectivity index (χ1n) is 12.1. The van der Waals surface area contributed by atoms with E-state index in [1.807, 2.05) is 0 Å². The Bertz CT molecular complexity index is 1690. The Morgan fingerprint density at radius 1 is 0.391 bits per heavy atom. The number of nitrogens with zero attached hydrogens (tertiary/aromatic N) is 2. The van der Waals surface area contributed by atoms with Gasteiger partial charge in [0.25, 0.3) is 0 Å². The number of pyridine rings is 2. The topological polar surface area (TPSA) is 42.9 Å². The van der Waals surface area contributed by atoms with Crippen LogP contribution >= 0.6 is 151 Å². The quantitative estimate of drug-likeness (QED) is 0.169. The Hall–Kier alpha value is -0.600. The van der Waals surface area contributed by atoms with Crippen molar-refractivity contribution in [2.75, 3.05) is 0 Å². The molecular weight excluding hydrogens is 865 g/mol. The van der Waals surface area contributed by atoms with Crippen LogP contribution < -0.4 is 0 Å². The predicted octanol–water partition coefficient (Wildman–Crippen LogP) is 15.3. The fourth-order valence-electron chi connectivity index (χ4n) is 3.84. The summed E-state index contributed by atoms with van der Waals surface area (Å²) >= 11 is 78.8. The first-order valence-corrected chi connectivity index (χ1v) is 17.0. The first kappa shape index (κ1) is 39.8. The van der Waals surface area contributed by atoms with Crippen LogP contribution in [0, 0.1) is 0 Å². The number of aromatic nitrogens is 2. The Kier molecular flexibility index (Phi) is 15.9. The van der Waals surface area contributed by atoms with Gasteiger partial charge in [0.1, 0.15) is 0 Å². The molecule has 0 aliphatic rings. The fourth-order valence-corrected chi connectivity index (χ4v) is 7.82. The van der Waals surface area contributed by atoms with Crippen molar-refractivity contribution in [3.63, 3.8) is 0 Å². The second-order valence-electron chi connectivity index (χ2n) is 8.74. The molecule has 0 radical (unpaired) electrons. The van der Waals surface area contributed by atoms with E-state index in [-0.39, 0.29) is 10.0 Å². The van der Waals surface area contributed by atoms with Crippen LogP contribution in [0.1, 0.15) is 33.0 Å². The number of carbonyl (C=O) groups is 1. The molecule has 0 N–H and O–H groups in total. The molecule has 0 bridgehead atoms. The number of aldehydes is 1. The molecule has 0 saturated carbocycles. The molecule has 240 valence electrons. The lowest BCUT2D eigenvalue weighted by Crippen LogP contribution is -2.09. The molecule has 46 heavy (non-hydrogen) atoms. The molecule has 0 spiro atoms. The second-order valence-corrected chi connectivity index (χ2v) is 14.2. The lowest BCUT2D eigenvalue weighted by Gasteiger charge is -2.25. The molecule has 16 heteroatoms. The van der Waals surface area contributed by atoms with Crippen molar-refractivity contribution in [3.8, 4) is 0 Å². The van der Waals surface area contributed by atoms with Gasteiger partial charge in [-0.15, -0.1) is 0 Å². The number of halogens is 13. The standard InChI is InChI=1S/C18H7Cl8N.C6H3Cl3.C6H3Cl2NO/c19-7-1-9(21)15(10(22)2-7)18(17-13(25)5-27-6-14(17)26)16-11(23)3-8(20)4-12(16)24;7-4-1-5(8)3-6(9)2-4;7-5-1-9-2-6(8)4(5)3-10/h1-6,18H;1-3H;1-3H. The molecule has 0 atom stereocenters. The maximum absolute atomic E-state index is 10.3. The zero-order valence-corrected chi connectivity index (χ0v) is 32.0. The maximum atomic E-state index is 10.3. The largest absolute Gasteiger partial charge is 0.298 e. The van der Waals surface area contributed by atoms with Crippen molar-refractivity contribution in [1.29, 1.82) is 0 Å². The zero-order chi connectivity index (χ0) is 34.3. The minimum Gasteiger partial charge on any atom is -0.298 e. The number of benzene rings is 3. The molecule has 3 nitrogen and oxygen atoms in total. The van der Waals surface area contributed by atoms with E-state index < -0.39 is 5.92 Å². The molecule has 0 fully saturated rings. The number of carbonyl (C=O) groups excluding carboxylic acids is 1. The Morgan fingerprint density at radius 3 is 0.935 bits per heavy atom. The van der Waals surface area contributed by atoms with Gasteiger partial charge in [0, 0.05) is 92.6 Å². The summed E-state index contributed by atoms with van der Waals surface area (Å²) in [6.07, 6.45) is 6.27. The highest BCUT2D eigenvalue weighted by Crippen LogP contribution is 2.49. The van der Waals surface area contributed by atoms with Crippen LogP contribution in [0.2, 0.25) is 65.3 Å². The third-order valence-electron chi connectivity index (χ3n) is 5.68. The minimum atomic E-state index is -0.678. The Labute approximate surface area is 329 Å². The number of rotatable bonds is 4. The van der Waals surface area contributed by atoms with E-state index in [2.05, 4.69) is 9.97 Å².